The number of ether oxygens (including phenoxy) is 2. The van der Waals surface area contributed by atoms with Crippen molar-refractivity contribution < 1.29 is 9.47 Å². The summed E-state index contributed by atoms with van der Waals surface area (Å²) in [6, 6.07) is 13.6. The maximum Gasteiger partial charge on any atom is 0.142 e. The van der Waals surface area contributed by atoms with E-state index < -0.39 is 0 Å². The average Bonchev–Trinajstić information content (AvgIpc) is 2.47. The second-order valence-electron chi connectivity index (χ2n) is 4.44. The highest BCUT2D eigenvalue weighted by Crippen LogP contribution is 2.17. The first-order valence-electron chi connectivity index (χ1n) is 6.71. The molecular weight excluding hydrogens is 252 g/mol. The van der Waals surface area contributed by atoms with Gasteiger partial charge in [-0.3, -0.25) is 4.98 Å². The molecule has 0 aliphatic rings. The summed E-state index contributed by atoms with van der Waals surface area (Å²) < 4.78 is 11.3. The van der Waals surface area contributed by atoms with Crippen molar-refractivity contribution in [1.82, 2.24) is 10.3 Å². The van der Waals surface area contributed by atoms with Crippen LogP contribution in [0.25, 0.3) is 0 Å². The minimum Gasteiger partial charge on any atom is -0.490 e. The fraction of sp³-hybridized carbons (Fsp3) is 0.312. The van der Waals surface area contributed by atoms with E-state index in [0.717, 1.165) is 22.9 Å². The van der Waals surface area contributed by atoms with Gasteiger partial charge in [-0.2, -0.15) is 0 Å². The maximum atomic E-state index is 5.74. The first-order chi connectivity index (χ1) is 9.79. The molecular formula is C16H20N2O2. The molecule has 0 radical (unpaired) electrons. The zero-order valence-electron chi connectivity index (χ0n) is 11.9. The van der Waals surface area contributed by atoms with Crippen molar-refractivity contribution in [3.63, 3.8) is 0 Å². The van der Waals surface area contributed by atoms with E-state index in [1.54, 1.807) is 0 Å². The van der Waals surface area contributed by atoms with Gasteiger partial charge in [0.1, 0.15) is 24.7 Å². The lowest BCUT2D eigenvalue weighted by molar-refractivity contribution is 0.215. The first-order valence-corrected chi connectivity index (χ1v) is 6.71. The highest BCUT2D eigenvalue weighted by molar-refractivity contribution is 5.29. The highest BCUT2D eigenvalue weighted by atomic mass is 16.5. The number of pyridine rings is 1. The molecule has 0 atom stereocenters. The molecule has 20 heavy (non-hydrogen) atoms. The van der Waals surface area contributed by atoms with Crippen molar-refractivity contribution in [2.75, 3.05) is 20.3 Å². The van der Waals surface area contributed by atoms with Crippen LogP contribution in [0.2, 0.25) is 0 Å². The minimum absolute atomic E-state index is 0.496. The van der Waals surface area contributed by atoms with Gasteiger partial charge in [-0.25, -0.2) is 0 Å². The van der Waals surface area contributed by atoms with Gasteiger partial charge >= 0.3 is 0 Å². The van der Waals surface area contributed by atoms with Gasteiger partial charge in [0, 0.05) is 12.2 Å². The van der Waals surface area contributed by atoms with Gasteiger partial charge in [-0.1, -0.05) is 18.2 Å². The predicted octanol–water partition coefficient (Wildman–Crippen LogP) is 2.57. The number of aromatic nitrogens is 1. The molecule has 0 fully saturated rings. The summed E-state index contributed by atoms with van der Waals surface area (Å²) in [5.74, 6) is 1.66. The molecule has 2 aromatic rings. The van der Waals surface area contributed by atoms with Crippen molar-refractivity contribution in [3.8, 4) is 11.5 Å². The Morgan fingerprint density at radius 2 is 1.75 bits per heavy atom. The lowest BCUT2D eigenvalue weighted by Gasteiger charge is -2.12. The van der Waals surface area contributed by atoms with Gasteiger partial charge in [-0.15, -0.1) is 0 Å². The van der Waals surface area contributed by atoms with Crippen LogP contribution in [-0.2, 0) is 6.54 Å². The Kier molecular flexibility index (Phi) is 5.38. The highest BCUT2D eigenvalue weighted by Gasteiger charge is 2.05. The normalized spacial score (nSPS) is 10.3. The smallest absolute Gasteiger partial charge is 0.142 e. The molecule has 0 bridgehead atoms. The summed E-state index contributed by atoms with van der Waals surface area (Å²) in [4.78, 5) is 4.47. The SMILES string of the molecule is CNCc1nc(C)ccc1OCCOc1ccccc1. The zero-order valence-corrected chi connectivity index (χ0v) is 11.9. The monoisotopic (exact) mass is 272 g/mol. The second-order valence-corrected chi connectivity index (χ2v) is 4.44. The molecule has 0 saturated heterocycles. The van der Waals surface area contributed by atoms with Crippen molar-refractivity contribution in [2.45, 2.75) is 13.5 Å². The van der Waals surface area contributed by atoms with Crippen LogP contribution < -0.4 is 14.8 Å². The number of hydrogen-bond acceptors (Lipinski definition) is 4. The summed E-state index contributed by atoms with van der Waals surface area (Å²) in [5, 5.41) is 3.09. The van der Waals surface area contributed by atoms with E-state index in [1.807, 2.05) is 56.4 Å². The summed E-state index contributed by atoms with van der Waals surface area (Å²) in [6.45, 7) is 3.67. The quantitative estimate of drug-likeness (QED) is 0.787. The van der Waals surface area contributed by atoms with E-state index in [0.29, 0.717) is 19.8 Å². The van der Waals surface area contributed by atoms with Crippen LogP contribution in [0, 0.1) is 6.92 Å². The molecule has 0 unspecified atom stereocenters. The number of para-hydroxylation sites is 1. The van der Waals surface area contributed by atoms with Gasteiger partial charge in [0.15, 0.2) is 0 Å². The zero-order chi connectivity index (χ0) is 14.2. The number of rotatable bonds is 7. The Labute approximate surface area is 119 Å². The van der Waals surface area contributed by atoms with Crippen molar-refractivity contribution in [1.29, 1.82) is 0 Å². The Bertz CT molecular complexity index is 529. The van der Waals surface area contributed by atoms with E-state index in [9.17, 15) is 0 Å². The first kappa shape index (κ1) is 14.3. The Hall–Kier alpha value is -2.07. The van der Waals surface area contributed by atoms with Gasteiger partial charge in [-0.05, 0) is 38.2 Å². The third-order valence-corrected chi connectivity index (χ3v) is 2.77. The third-order valence-electron chi connectivity index (χ3n) is 2.77. The average molecular weight is 272 g/mol. The summed E-state index contributed by atoms with van der Waals surface area (Å²) in [7, 11) is 1.90. The molecule has 0 amide bonds. The van der Waals surface area contributed by atoms with Crippen LogP contribution in [0.4, 0.5) is 0 Å². The fourth-order valence-corrected chi connectivity index (χ4v) is 1.85. The molecule has 1 N–H and O–H groups in total. The molecule has 106 valence electrons. The van der Waals surface area contributed by atoms with Crippen LogP contribution >= 0.6 is 0 Å². The number of hydrogen-bond donors (Lipinski definition) is 1. The lowest BCUT2D eigenvalue weighted by Crippen LogP contribution is -2.13. The van der Waals surface area contributed by atoms with E-state index in [4.69, 9.17) is 9.47 Å². The van der Waals surface area contributed by atoms with Gasteiger partial charge in [0.2, 0.25) is 0 Å². The largest absolute Gasteiger partial charge is 0.490 e. The number of aryl methyl sites for hydroxylation is 1. The molecule has 0 saturated carbocycles. The second kappa shape index (κ2) is 7.50. The molecule has 0 aliphatic carbocycles. The molecule has 1 heterocycles. The maximum absolute atomic E-state index is 5.74. The van der Waals surface area contributed by atoms with E-state index in [-0.39, 0.29) is 0 Å². The number of nitrogens with one attached hydrogen (secondary N) is 1. The van der Waals surface area contributed by atoms with Crippen LogP contribution in [0.15, 0.2) is 42.5 Å². The number of nitrogens with zero attached hydrogens (tertiary/aromatic N) is 1. The molecule has 1 aromatic carbocycles. The molecule has 1 aromatic heterocycles. The number of benzene rings is 1. The standard InChI is InChI=1S/C16H20N2O2/c1-13-8-9-16(15(18-13)12-17-2)20-11-10-19-14-6-4-3-5-7-14/h3-9,17H,10-12H2,1-2H3. The minimum atomic E-state index is 0.496. The van der Waals surface area contributed by atoms with Crippen molar-refractivity contribution in [2.24, 2.45) is 0 Å². The summed E-state index contributed by atoms with van der Waals surface area (Å²) in [6.07, 6.45) is 0. The van der Waals surface area contributed by atoms with E-state index >= 15 is 0 Å². The fourth-order valence-electron chi connectivity index (χ4n) is 1.85. The Balaban J connectivity index is 1.84. The van der Waals surface area contributed by atoms with Crippen molar-refractivity contribution >= 4 is 0 Å². The molecule has 2 rings (SSSR count). The summed E-state index contributed by atoms with van der Waals surface area (Å²) >= 11 is 0. The summed E-state index contributed by atoms with van der Waals surface area (Å²) in [5.41, 5.74) is 1.91. The Morgan fingerprint density at radius 3 is 2.50 bits per heavy atom. The third kappa shape index (κ3) is 4.24. The van der Waals surface area contributed by atoms with Crippen LogP contribution in [-0.4, -0.2) is 25.2 Å². The van der Waals surface area contributed by atoms with Crippen LogP contribution in [0.1, 0.15) is 11.4 Å². The van der Waals surface area contributed by atoms with Gasteiger partial charge < -0.3 is 14.8 Å². The Morgan fingerprint density at radius 1 is 1.00 bits per heavy atom. The molecule has 4 nitrogen and oxygen atoms in total. The molecule has 4 heteroatoms. The molecule has 0 spiro atoms. The van der Waals surface area contributed by atoms with E-state index in [2.05, 4.69) is 10.3 Å². The topological polar surface area (TPSA) is 43.4 Å². The van der Waals surface area contributed by atoms with Gasteiger partial charge in [0.25, 0.3) is 0 Å². The molecule has 0 aliphatic heterocycles. The van der Waals surface area contributed by atoms with E-state index in [1.165, 1.54) is 0 Å². The van der Waals surface area contributed by atoms with Crippen LogP contribution in [0.3, 0.4) is 0 Å². The van der Waals surface area contributed by atoms with Crippen molar-refractivity contribution in [3.05, 3.63) is 53.9 Å². The van der Waals surface area contributed by atoms with Crippen LogP contribution in [0.5, 0.6) is 11.5 Å². The lowest BCUT2D eigenvalue weighted by atomic mass is 10.3. The predicted molar refractivity (Wildman–Crippen MR) is 79.2 cm³/mol. The van der Waals surface area contributed by atoms with Gasteiger partial charge in [0.05, 0.1) is 5.69 Å².